The summed E-state index contributed by atoms with van der Waals surface area (Å²) in [5.74, 6) is 0.228. The van der Waals surface area contributed by atoms with Crippen LogP contribution in [0.5, 0.6) is 0 Å². The van der Waals surface area contributed by atoms with Gasteiger partial charge in [0.05, 0.1) is 6.54 Å². The second-order valence-corrected chi connectivity index (χ2v) is 5.86. The topological polar surface area (TPSA) is 23.6 Å². The highest BCUT2D eigenvalue weighted by atomic mass is 16.1. The molecule has 0 spiro atoms. The summed E-state index contributed by atoms with van der Waals surface area (Å²) in [6, 6.07) is 8.47. The fraction of sp³-hybridized carbons (Fsp3) is 0.588. The molecule has 0 aliphatic carbocycles. The van der Waals surface area contributed by atoms with Gasteiger partial charge in [0.2, 0.25) is 0 Å². The maximum Gasteiger partial charge on any atom is 0.177 e. The number of hydrogen-bond donors (Lipinski definition) is 0. The van der Waals surface area contributed by atoms with Crippen molar-refractivity contribution < 1.29 is 4.79 Å². The van der Waals surface area contributed by atoms with Crippen molar-refractivity contribution in [1.29, 1.82) is 0 Å². The molecule has 2 rings (SSSR count). The highest BCUT2D eigenvalue weighted by Crippen LogP contribution is 2.17. The van der Waals surface area contributed by atoms with Gasteiger partial charge in [0.1, 0.15) is 0 Å². The van der Waals surface area contributed by atoms with E-state index in [0.29, 0.717) is 12.6 Å². The molecule has 1 aliphatic rings. The van der Waals surface area contributed by atoms with E-state index in [1.807, 2.05) is 31.2 Å². The largest absolute Gasteiger partial charge is 0.299 e. The van der Waals surface area contributed by atoms with E-state index in [1.165, 1.54) is 19.4 Å². The monoisotopic (exact) mass is 274 g/mol. The summed E-state index contributed by atoms with van der Waals surface area (Å²) in [6.07, 6.45) is 2.55. The molecule has 0 amide bonds. The Morgan fingerprint density at radius 3 is 2.85 bits per heavy atom. The van der Waals surface area contributed by atoms with E-state index in [0.717, 1.165) is 24.2 Å². The van der Waals surface area contributed by atoms with Crippen LogP contribution in [0.1, 0.15) is 35.7 Å². The third kappa shape index (κ3) is 3.68. The highest BCUT2D eigenvalue weighted by molar-refractivity contribution is 5.98. The number of likely N-dealkylation sites (tertiary alicyclic amines) is 1. The van der Waals surface area contributed by atoms with Gasteiger partial charge < -0.3 is 0 Å². The summed E-state index contributed by atoms with van der Waals surface area (Å²) in [5.41, 5.74) is 1.93. The van der Waals surface area contributed by atoms with Gasteiger partial charge in [-0.2, -0.15) is 0 Å². The van der Waals surface area contributed by atoms with Crippen molar-refractivity contribution in [2.75, 3.05) is 33.2 Å². The molecule has 20 heavy (non-hydrogen) atoms. The smallest absolute Gasteiger partial charge is 0.177 e. The van der Waals surface area contributed by atoms with E-state index in [9.17, 15) is 4.79 Å². The van der Waals surface area contributed by atoms with E-state index in [-0.39, 0.29) is 5.78 Å². The van der Waals surface area contributed by atoms with Gasteiger partial charge in [0.25, 0.3) is 0 Å². The van der Waals surface area contributed by atoms with Crippen molar-refractivity contribution in [3.05, 3.63) is 35.4 Å². The number of carbonyl (C=O) groups is 1. The number of aryl methyl sites for hydroxylation is 1. The molecule has 3 nitrogen and oxygen atoms in total. The van der Waals surface area contributed by atoms with Crippen molar-refractivity contribution in [3.8, 4) is 0 Å². The Labute approximate surface area is 122 Å². The van der Waals surface area contributed by atoms with Crippen LogP contribution >= 0.6 is 0 Å². The predicted molar refractivity (Wildman–Crippen MR) is 83.3 cm³/mol. The molecule has 0 aromatic heterocycles. The predicted octanol–water partition coefficient (Wildman–Crippen LogP) is 2.59. The van der Waals surface area contributed by atoms with Crippen LogP contribution in [0.15, 0.2) is 24.3 Å². The molecule has 1 aromatic carbocycles. The lowest BCUT2D eigenvalue weighted by Gasteiger charge is -2.27. The van der Waals surface area contributed by atoms with Crippen molar-refractivity contribution in [1.82, 2.24) is 9.80 Å². The first-order valence-corrected chi connectivity index (χ1v) is 7.63. The van der Waals surface area contributed by atoms with E-state index < -0.39 is 0 Å². The first-order chi connectivity index (χ1) is 9.61. The van der Waals surface area contributed by atoms with Gasteiger partial charge in [-0.1, -0.05) is 31.2 Å². The zero-order valence-corrected chi connectivity index (χ0v) is 12.9. The number of Topliss-reactive ketones (excluding diaryl/α,β-unsaturated/α-hetero) is 1. The summed E-state index contributed by atoms with van der Waals surface area (Å²) < 4.78 is 0. The summed E-state index contributed by atoms with van der Waals surface area (Å²) in [4.78, 5) is 17.0. The van der Waals surface area contributed by atoms with Gasteiger partial charge in [-0.3, -0.25) is 14.6 Å². The van der Waals surface area contributed by atoms with E-state index in [1.54, 1.807) is 0 Å². The molecule has 0 N–H and O–H groups in total. The summed E-state index contributed by atoms with van der Waals surface area (Å²) in [7, 11) is 2.06. The number of rotatable bonds is 6. The van der Waals surface area contributed by atoms with Crippen molar-refractivity contribution in [2.45, 2.75) is 32.7 Å². The van der Waals surface area contributed by atoms with Crippen LogP contribution < -0.4 is 0 Å². The Morgan fingerprint density at radius 2 is 2.15 bits per heavy atom. The normalized spacial score (nSPS) is 19.7. The molecule has 1 saturated heterocycles. The molecule has 1 atom stereocenters. The molecule has 1 aliphatic heterocycles. The molecule has 0 radical (unpaired) electrons. The molecule has 1 unspecified atom stereocenters. The molecular formula is C17H26N2O. The first kappa shape index (κ1) is 15.2. The zero-order valence-electron chi connectivity index (χ0n) is 12.9. The van der Waals surface area contributed by atoms with E-state index in [2.05, 4.69) is 23.8 Å². The third-order valence-electron chi connectivity index (χ3n) is 4.29. The summed E-state index contributed by atoms with van der Waals surface area (Å²) >= 11 is 0. The lowest BCUT2D eigenvalue weighted by molar-refractivity contribution is 0.0928. The summed E-state index contributed by atoms with van der Waals surface area (Å²) in [6.45, 7) is 8.05. The SMILES string of the molecule is CCN1CCCC1CN(C)CC(=O)c1ccccc1C. The zero-order chi connectivity index (χ0) is 14.5. The molecule has 1 fully saturated rings. The fourth-order valence-electron chi connectivity index (χ4n) is 3.16. The number of likely N-dealkylation sites (N-methyl/N-ethyl adjacent to an activating group) is 2. The van der Waals surface area contributed by atoms with E-state index in [4.69, 9.17) is 0 Å². The van der Waals surface area contributed by atoms with Crippen LogP contribution in [-0.2, 0) is 0 Å². The maximum atomic E-state index is 12.3. The van der Waals surface area contributed by atoms with Crippen LogP contribution in [0.2, 0.25) is 0 Å². The second-order valence-electron chi connectivity index (χ2n) is 5.86. The minimum atomic E-state index is 0.228. The molecule has 1 aromatic rings. The van der Waals surface area contributed by atoms with Crippen LogP contribution in [-0.4, -0.2) is 54.9 Å². The molecule has 0 saturated carbocycles. The number of ketones is 1. The van der Waals surface area contributed by atoms with Gasteiger partial charge in [0.15, 0.2) is 5.78 Å². The standard InChI is InChI=1S/C17H26N2O/c1-4-19-11-7-9-15(19)12-18(3)13-17(20)16-10-6-5-8-14(16)2/h5-6,8,10,15H,4,7,9,11-13H2,1-3H3. The minimum Gasteiger partial charge on any atom is -0.299 e. The quantitative estimate of drug-likeness (QED) is 0.745. The van der Waals surface area contributed by atoms with Crippen molar-refractivity contribution >= 4 is 5.78 Å². The number of nitrogens with zero attached hydrogens (tertiary/aromatic N) is 2. The molecule has 3 heteroatoms. The Morgan fingerprint density at radius 1 is 1.40 bits per heavy atom. The lowest BCUT2D eigenvalue weighted by Crippen LogP contribution is -2.40. The molecule has 110 valence electrons. The van der Waals surface area contributed by atoms with Gasteiger partial charge in [0, 0.05) is 18.2 Å². The van der Waals surface area contributed by atoms with Crippen LogP contribution in [0, 0.1) is 6.92 Å². The van der Waals surface area contributed by atoms with Crippen LogP contribution in [0.3, 0.4) is 0 Å². The molecule has 0 bridgehead atoms. The molecule has 1 heterocycles. The van der Waals surface area contributed by atoms with Gasteiger partial charge in [-0.05, 0) is 45.5 Å². The lowest BCUT2D eigenvalue weighted by atomic mass is 10.0. The highest BCUT2D eigenvalue weighted by Gasteiger charge is 2.24. The Hall–Kier alpha value is -1.19. The second kappa shape index (κ2) is 7.00. The maximum absolute atomic E-state index is 12.3. The van der Waals surface area contributed by atoms with Crippen LogP contribution in [0.25, 0.3) is 0 Å². The number of carbonyl (C=O) groups excluding carboxylic acids is 1. The molecular weight excluding hydrogens is 248 g/mol. The number of benzene rings is 1. The van der Waals surface area contributed by atoms with Crippen molar-refractivity contribution in [3.63, 3.8) is 0 Å². The minimum absolute atomic E-state index is 0.228. The third-order valence-corrected chi connectivity index (χ3v) is 4.29. The fourth-order valence-corrected chi connectivity index (χ4v) is 3.16. The summed E-state index contributed by atoms with van der Waals surface area (Å²) in [5, 5.41) is 0. The average Bonchev–Trinajstić information content (AvgIpc) is 2.86. The van der Waals surface area contributed by atoms with Gasteiger partial charge >= 0.3 is 0 Å². The van der Waals surface area contributed by atoms with E-state index >= 15 is 0 Å². The number of hydrogen-bond acceptors (Lipinski definition) is 3. The Bertz CT molecular complexity index is 458. The van der Waals surface area contributed by atoms with Gasteiger partial charge in [-0.15, -0.1) is 0 Å². The van der Waals surface area contributed by atoms with Gasteiger partial charge in [-0.25, -0.2) is 0 Å². The van der Waals surface area contributed by atoms with Crippen LogP contribution in [0.4, 0.5) is 0 Å². The average molecular weight is 274 g/mol. The van der Waals surface area contributed by atoms with Crippen molar-refractivity contribution in [2.24, 2.45) is 0 Å². The first-order valence-electron chi connectivity index (χ1n) is 7.63. The Balaban J connectivity index is 1.90. The Kier molecular flexibility index (Phi) is 5.32.